The lowest BCUT2D eigenvalue weighted by Crippen LogP contribution is -2.14. The highest BCUT2D eigenvalue weighted by molar-refractivity contribution is 7.91. The Labute approximate surface area is 198 Å². The Kier molecular flexibility index (Phi) is 7.38. The Balaban J connectivity index is 1.78. The van der Waals surface area contributed by atoms with Crippen LogP contribution in [0.1, 0.15) is 27.2 Å². The van der Waals surface area contributed by atoms with Gasteiger partial charge in [-0.25, -0.2) is 8.42 Å². The number of ketones is 1. The van der Waals surface area contributed by atoms with Crippen LogP contribution in [0.3, 0.4) is 0 Å². The van der Waals surface area contributed by atoms with Gasteiger partial charge in [0.15, 0.2) is 15.6 Å². The number of halogens is 1. The minimum atomic E-state index is -3.96. The maximum atomic E-state index is 12.4. The maximum Gasteiger partial charge on any atom is 0.297 e. The van der Waals surface area contributed by atoms with Gasteiger partial charge in [0.2, 0.25) is 0 Å². The predicted molar refractivity (Wildman–Crippen MR) is 127 cm³/mol. The molecule has 0 aliphatic heterocycles. The molecule has 1 aromatic heterocycles. The van der Waals surface area contributed by atoms with Gasteiger partial charge < -0.3 is 0 Å². The molecule has 0 saturated heterocycles. The van der Waals surface area contributed by atoms with Crippen LogP contribution in [0.2, 0.25) is 5.02 Å². The molecule has 2 aromatic carbocycles. The third-order valence-electron chi connectivity index (χ3n) is 4.83. The number of carbonyl (C=O) groups excluding carboxylic acids is 1. The van der Waals surface area contributed by atoms with Crippen LogP contribution >= 0.6 is 11.6 Å². The minimum Gasteiger partial charge on any atom is -0.293 e. The number of carbonyl (C=O) groups is 1. The van der Waals surface area contributed by atoms with E-state index in [1.807, 2.05) is 6.92 Å². The zero-order valence-corrected chi connectivity index (χ0v) is 20.6. The molecule has 0 unspecified atom stereocenters. The highest BCUT2D eigenvalue weighted by Crippen LogP contribution is 2.28. The summed E-state index contributed by atoms with van der Waals surface area (Å²) in [6, 6.07) is 12.8. The van der Waals surface area contributed by atoms with Crippen molar-refractivity contribution < 1.29 is 25.8 Å². The lowest BCUT2D eigenvalue weighted by atomic mass is 9.98. The molecule has 1 heterocycles. The molecule has 3 rings (SSSR count). The molecule has 10 heteroatoms. The van der Waals surface area contributed by atoms with Crippen LogP contribution in [0.15, 0.2) is 59.6 Å². The molecular weight excluding hydrogens is 486 g/mol. The van der Waals surface area contributed by atoms with E-state index in [4.69, 9.17) is 15.8 Å². The Morgan fingerprint density at radius 3 is 2.24 bits per heavy atom. The normalized spacial score (nSPS) is 12.0. The molecule has 7 nitrogen and oxygen atoms in total. The van der Waals surface area contributed by atoms with Gasteiger partial charge in [0, 0.05) is 23.6 Å². The van der Waals surface area contributed by atoms with Crippen LogP contribution < -0.4 is 0 Å². The molecule has 0 bridgehead atoms. The number of benzene rings is 2. The van der Waals surface area contributed by atoms with Gasteiger partial charge in [-0.05, 0) is 49.2 Å². The Morgan fingerprint density at radius 1 is 1.00 bits per heavy atom. The molecule has 0 N–H and O–H groups in total. The third kappa shape index (κ3) is 6.48. The zero-order chi connectivity index (χ0) is 24.4. The summed E-state index contributed by atoms with van der Waals surface area (Å²) >= 11 is 6.32. The van der Waals surface area contributed by atoms with Crippen molar-refractivity contribution >= 4 is 37.3 Å². The summed E-state index contributed by atoms with van der Waals surface area (Å²) in [5.41, 5.74) is 3.63. The fraction of sp³-hybridized carbons (Fsp3) is 0.217. The zero-order valence-electron chi connectivity index (χ0n) is 18.2. The molecule has 174 valence electrons. The van der Waals surface area contributed by atoms with Crippen LogP contribution in [0, 0.1) is 13.8 Å². The van der Waals surface area contributed by atoms with E-state index in [0.29, 0.717) is 11.1 Å². The number of nitrogens with zero attached hydrogens (tertiary/aromatic N) is 1. The summed E-state index contributed by atoms with van der Waals surface area (Å²) in [6.07, 6.45) is 2.54. The van der Waals surface area contributed by atoms with Crippen molar-refractivity contribution in [2.45, 2.75) is 25.3 Å². The predicted octanol–water partition coefficient (Wildman–Crippen LogP) is 4.15. The van der Waals surface area contributed by atoms with E-state index < -0.39 is 31.5 Å². The highest BCUT2D eigenvalue weighted by Gasteiger charge is 2.18. The van der Waals surface area contributed by atoms with Gasteiger partial charge in [0.05, 0.1) is 15.6 Å². The second-order valence-corrected chi connectivity index (χ2v) is 11.9. The average molecular weight is 508 g/mol. The van der Waals surface area contributed by atoms with Gasteiger partial charge in [-0.1, -0.05) is 41.4 Å². The van der Waals surface area contributed by atoms with Crippen LogP contribution in [0.25, 0.3) is 11.1 Å². The first-order valence-electron chi connectivity index (χ1n) is 9.78. The summed E-state index contributed by atoms with van der Waals surface area (Å²) in [7, 11) is -7.38. The SMILES string of the molecule is Cc1ccc(S(=O)(=O)OCc2ncc(-c3ccc(C(=O)CS(C)(=O)=O)cc3C)cc2Cl)cc1. The number of hydrogen-bond donors (Lipinski definition) is 0. The van der Waals surface area contributed by atoms with Gasteiger partial charge in [-0.3, -0.25) is 14.0 Å². The lowest BCUT2D eigenvalue weighted by Gasteiger charge is -2.11. The standard InChI is InChI=1S/C23H22ClNO6S2/c1-15-4-7-19(8-5-15)33(29,30)31-13-22-21(24)11-18(12-25-22)20-9-6-17(10-16(20)2)23(26)14-32(3,27)28/h4-12H,13-14H2,1-3H3. The van der Waals surface area contributed by atoms with E-state index >= 15 is 0 Å². The van der Waals surface area contributed by atoms with E-state index in [2.05, 4.69) is 4.98 Å². The molecule has 0 aliphatic rings. The third-order valence-corrected chi connectivity index (χ3v) is 7.22. The van der Waals surface area contributed by atoms with Gasteiger partial charge in [0.1, 0.15) is 12.4 Å². The molecule has 3 aromatic rings. The van der Waals surface area contributed by atoms with E-state index in [9.17, 15) is 21.6 Å². The second kappa shape index (κ2) is 9.72. The van der Waals surface area contributed by atoms with Crippen LogP contribution in [-0.2, 0) is 30.7 Å². The molecular formula is C23H22ClNO6S2. The number of rotatable bonds is 8. The fourth-order valence-corrected chi connectivity index (χ4v) is 4.84. The van der Waals surface area contributed by atoms with Gasteiger partial charge in [0.25, 0.3) is 10.1 Å². The van der Waals surface area contributed by atoms with Crippen molar-refractivity contribution in [1.29, 1.82) is 0 Å². The molecule has 0 atom stereocenters. The first-order valence-corrected chi connectivity index (χ1v) is 13.6. The minimum absolute atomic E-state index is 0.0435. The summed E-state index contributed by atoms with van der Waals surface area (Å²) in [6.45, 7) is 3.31. The average Bonchev–Trinajstić information content (AvgIpc) is 2.72. The Bertz CT molecular complexity index is 1420. The van der Waals surface area contributed by atoms with E-state index in [-0.39, 0.29) is 22.2 Å². The number of pyridine rings is 1. The largest absolute Gasteiger partial charge is 0.297 e. The smallest absolute Gasteiger partial charge is 0.293 e. The lowest BCUT2D eigenvalue weighted by molar-refractivity contribution is 0.102. The molecule has 0 spiro atoms. The molecule has 0 saturated carbocycles. The van der Waals surface area contributed by atoms with Gasteiger partial charge in [-0.2, -0.15) is 8.42 Å². The van der Waals surface area contributed by atoms with Crippen molar-refractivity contribution in [3.05, 3.63) is 82.1 Å². The van der Waals surface area contributed by atoms with E-state index in [1.54, 1.807) is 43.3 Å². The molecule has 0 radical (unpaired) electrons. The molecule has 0 fully saturated rings. The Hall–Kier alpha value is -2.59. The van der Waals surface area contributed by atoms with Crippen LogP contribution in [0.5, 0.6) is 0 Å². The van der Waals surface area contributed by atoms with Crippen molar-refractivity contribution in [3.63, 3.8) is 0 Å². The Morgan fingerprint density at radius 2 is 1.67 bits per heavy atom. The molecule has 33 heavy (non-hydrogen) atoms. The van der Waals surface area contributed by atoms with Crippen molar-refractivity contribution in [2.24, 2.45) is 0 Å². The summed E-state index contributed by atoms with van der Waals surface area (Å²) < 4.78 is 52.6. The van der Waals surface area contributed by atoms with Gasteiger partial charge in [-0.15, -0.1) is 0 Å². The number of aromatic nitrogens is 1. The van der Waals surface area contributed by atoms with Crippen LogP contribution in [0.4, 0.5) is 0 Å². The number of Topliss-reactive ketones (excluding diaryl/α,β-unsaturated/α-hetero) is 1. The van der Waals surface area contributed by atoms with E-state index in [0.717, 1.165) is 22.9 Å². The maximum absolute atomic E-state index is 12.4. The topological polar surface area (TPSA) is 107 Å². The van der Waals surface area contributed by atoms with Crippen molar-refractivity contribution in [2.75, 3.05) is 12.0 Å². The van der Waals surface area contributed by atoms with Crippen molar-refractivity contribution in [1.82, 2.24) is 4.98 Å². The quantitative estimate of drug-likeness (QED) is 0.333. The summed E-state index contributed by atoms with van der Waals surface area (Å²) in [5.74, 6) is -1.04. The molecule has 0 aliphatic carbocycles. The highest BCUT2D eigenvalue weighted by atomic mass is 35.5. The summed E-state index contributed by atoms with van der Waals surface area (Å²) in [4.78, 5) is 16.4. The second-order valence-electron chi connectivity index (χ2n) is 7.70. The number of aryl methyl sites for hydroxylation is 2. The van der Waals surface area contributed by atoms with Crippen molar-refractivity contribution in [3.8, 4) is 11.1 Å². The number of sulfone groups is 1. The fourth-order valence-electron chi connectivity index (χ4n) is 3.11. The monoisotopic (exact) mass is 507 g/mol. The number of hydrogen-bond acceptors (Lipinski definition) is 7. The first-order chi connectivity index (χ1) is 15.4. The van der Waals surface area contributed by atoms with Crippen LogP contribution in [-0.4, -0.2) is 39.6 Å². The first kappa shape index (κ1) is 25.0. The van der Waals surface area contributed by atoms with E-state index in [1.165, 1.54) is 18.3 Å². The van der Waals surface area contributed by atoms with Gasteiger partial charge >= 0.3 is 0 Å². The summed E-state index contributed by atoms with van der Waals surface area (Å²) in [5, 5.41) is 0.225. The molecule has 0 amide bonds.